The lowest BCUT2D eigenvalue weighted by Gasteiger charge is -2.32. The summed E-state index contributed by atoms with van der Waals surface area (Å²) in [5.41, 5.74) is 4.48. The number of rotatable bonds is 4. The van der Waals surface area contributed by atoms with Gasteiger partial charge in [0.1, 0.15) is 5.82 Å². The lowest BCUT2D eigenvalue weighted by molar-refractivity contribution is -0.120. The van der Waals surface area contributed by atoms with Gasteiger partial charge < -0.3 is 10.2 Å². The molecule has 3 aromatic rings. The summed E-state index contributed by atoms with van der Waals surface area (Å²) in [5, 5.41) is 8.22. The molecule has 0 aliphatic carbocycles. The van der Waals surface area contributed by atoms with Crippen molar-refractivity contribution in [2.75, 3.05) is 23.3 Å². The number of carbonyl (C=O) groups is 1. The molecule has 0 spiro atoms. The van der Waals surface area contributed by atoms with Gasteiger partial charge in [-0.05, 0) is 80.6 Å². The number of hydrogen-bond donors (Lipinski definition) is 1. The van der Waals surface area contributed by atoms with Crippen LogP contribution in [0, 0.1) is 26.7 Å². The van der Waals surface area contributed by atoms with Crippen molar-refractivity contribution in [3.8, 4) is 5.69 Å². The highest BCUT2D eigenvalue weighted by Gasteiger charge is 2.26. The van der Waals surface area contributed by atoms with Gasteiger partial charge in [0.05, 0.1) is 5.69 Å². The average Bonchev–Trinajstić information content (AvgIpc) is 2.75. The van der Waals surface area contributed by atoms with Gasteiger partial charge in [-0.2, -0.15) is 4.68 Å². The molecule has 1 aliphatic rings. The SMILES string of the molecule is Cc1cc(C)cc(NC(=O)C2CCN(c3ccc(=O)n(-c4ccc(C)c(Cl)c4)n3)CC2)c1. The number of hydrogen-bond acceptors (Lipinski definition) is 4. The summed E-state index contributed by atoms with van der Waals surface area (Å²) < 4.78 is 1.37. The zero-order valence-electron chi connectivity index (χ0n) is 18.6. The van der Waals surface area contributed by atoms with E-state index >= 15 is 0 Å². The molecule has 1 saturated heterocycles. The Kier molecular flexibility index (Phi) is 6.33. The molecule has 0 radical (unpaired) electrons. The molecule has 1 aromatic heterocycles. The normalized spacial score (nSPS) is 14.4. The van der Waals surface area contributed by atoms with Gasteiger partial charge in [-0.15, -0.1) is 5.10 Å². The van der Waals surface area contributed by atoms with Gasteiger partial charge >= 0.3 is 0 Å². The molecule has 4 rings (SSSR count). The summed E-state index contributed by atoms with van der Waals surface area (Å²) >= 11 is 6.23. The number of halogens is 1. The summed E-state index contributed by atoms with van der Waals surface area (Å²) in [4.78, 5) is 27.3. The Balaban J connectivity index is 1.44. The summed E-state index contributed by atoms with van der Waals surface area (Å²) in [7, 11) is 0. The van der Waals surface area contributed by atoms with Crippen LogP contribution in [0.4, 0.5) is 11.5 Å². The topological polar surface area (TPSA) is 67.2 Å². The molecule has 1 aliphatic heterocycles. The number of piperidine rings is 1. The van der Waals surface area contributed by atoms with Crippen LogP contribution < -0.4 is 15.8 Å². The van der Waals surface area contributed by atoms with Crippen LogP contribution >= 0.6 is 11.6 Å². The van der Waals surface area contributed by atoms with Gasteiger partial charge in [0.25, 0.3) is 5.56 Å². The van der Waals surface area contributed by atoms with Crippen LogP contribution in [0.5, 0.6) is 0 Å². The third kappa shape index (κ3) is 4.86. The molecule has 0 bridgehead atoms. The van der Waals surface area contributed by atoms with E-state index in [1.807, 2.05) is 45.0 Å². The third-order valence-electron chi connectivity index (χ3n) is 5.87. The molecule has 2 aromatic carbocycles. The van der Waals surface area contributed by atoms with Crippen LogP contribution in [0.15, 0.2) is 53.3 Å². The van der Waals surface area contributed by atoms with Crippen molar-refractivity contribution in [1.82, 2.24) is 9.78 Å². The van der Waals surface area contributed by atoms with Crippen molar-refractivity contribution in [2.24, 2.45) is 5.92 Å². The van der Waals surface area contributed by atoms with Crippen LogP contribution in [0.2, 0.25) is 5.02 Å². The fraction of sp³-hybridized carbons (Fsp3) is 0.320. The fourth-order valence-electron chi connectivity index (χ4n) is 4.13. The van der Waals surface area contributed by atoms with Crippen molar-refractivity contribution >= 4 is 29.0 Å². The molecule has 7 heteroatoms. The van der Waals surface area contributed by atoms with Crippen LogP contribution in [-0.2, 0) is 4.79 Å². The van der Waals surface area contributed by atoms with Gasteiger partial charge in [0.2, 0.25) is 5.91 Å². The van der Waals surface area contributed by atoms with E-state index < -0.39 is 0 Å². The molecule has 32 heavy (non-hydrogen) atoms. The predicted molar refractivity (Wildman–Crippen MR) is 129 cm³/mol. The maximum Gasteiger partial charge on any atom is 0.271 e. The molecule has 2 heterocycles. The number of anilines is 2. The van der Waals surface area contributed by atoms with Crippen LogP contribution in [-0.4, -0.2) is 28.8 Å². The summed E-state index contributed by atoms with van der Waals surface area (Å²) in [6.45, 7) is 7.37. The van der Waals surface area contributed by atoms with Gasteiger partial charge in [0, 0.05) is 35.8 Å². The van der Waals surface area contributed by atoms with E-state index in [9.17, 15) is 9.59 Å². The second kappa shape index (κ2) is 9.17. The monoisotopic (exact) mass is 450 g/mol. The zero-order valence-corrected chi connectivity index (χ0v) is 19.3. The Morgan fingerprint density at radius 3 is 2.34 bits per heavy atom. The maximum atomic E-state index is 12.8. The van der Waals surface area contributed by atoms with Crippen molar-refractivity contribution in [1.29, 1.82) is 0 Å². The molecule has 166 valence electrons. The van der Waals surface area contributed by atoms with Crippen molar-refractivity contribution in [2.45, 2.75) is 33.6 Å². The second-order valence-electron chi connectivity index (χ2n) is 8.50. The Bertz CT molecular complexity index is 1190. The number of carbonyl (C=O) groups excluding carboxylic acids is 1. The maximum absolute atomic E-state index is 12.8. The third-order valence-corrected chi connectivity index (χ3v) is 6.27. The molecular weight excluding hydrogens is 424 g/mol. The smallest absolute Gasteiger partial charge is 0.271 e. The van der Waals surface area contributed by atoms with E-state index in [2.05, 4.69) is 21.4 Å². The Morgan fingerprint density at radius 2 is 1.69 bits per heavy atom. The Morgan fingerprint density at radius 1 is 1.00 bits per heavy atom. The predicted octanol–water partition coefficient (Wildman–Crippen LogP) is 4.67. The average molecular weight is 451 g/mol. The highest BCUT2D eigenvalue weighted by atomic mass is 35.5. The van der Waals surface area contributed by atoms with E-state index in [0.29, 0.717) is 23.8 Å². The van der Waals surface area contributed by atoms with E-state index in [1.165, 1.54) is 10.7 Å². The van der Waals surface area contributed by atoms with E-state index in [0.717, 1.165) is 41.0 Å². The Labute approximate surface area is 192 Å². The molecule has 1 fully saturated rings. The van der Waals surface area contributed by atoms with Crippen LogP contribution in [0.25, 0.3) is 5.69 Å². The number of nitrogens with one attached hydrogen (secondary N) is 1. The fourth-order valence-corrected chi connectivity index (χ4v) is 4.31. The lowest BCUT2D eigenvalue weighted by atomic mass is 9.95. The molecule has 1 N–H and O–H groups in total. The first-order chi connectivity index (χ1) is 15.3. The zero-order chi connectivity index (χ0) is 22.8. The number of nitrogens with zero attached hydrogens (tertiary/aromatic N) is 3. The minimum atomic E-state index is -0.212. The highest BCUT2D eigenvalue weighted by Crippen LogP contribution is 2.24. The van der Waals surface area contributed by atoms with Crippen LogP contribution in [0.3, 0.4) is 0 Å². The van der Waals surface area contributed by atoms with Crippen molar-refractivity contribution in [3.05, 3.63) is 80.6 Å². The second-order valence-corrected chi connectivity index (χ2v) is 8.91. The Hall–Kier alpha value is -3.12. The number of benzene rings is 2. The lowest BCUT2D eigenvalue weighted by Crippen LogP contribution is -2.39. The molecular formula is C25H27ClN4O2. The van der Waals surface area contributed by atoms with Crippen molar-refractivity contribution in [3.63, 3.8) is 0 Å². The van der Waals surface area contributed by atoms with E-state index in [-0.39, 0.29) is 17.4 Å². The van der Waals surface area contributed by atoms with Crippen molar-refractivity contribution < 1.29 is 4.79 Å². The highest BCUT2D eigenvalue weighted by molar-refractivity contribution is 6.31. The van der Waals surface area contributed by atoms with E-state index in [1.54, 1.807) is 12.1 Å². The molecule has 0 atom stereocenters. The minimum Gasteiger partial charge on any atom is -0.355 e. The van der Waals surface area contributed by atoms with Gasteiger partial charge in [-0.25, -0.2) is 0 Å². The first-order valence-corrected chi connectivity index (χ1v) is 11.2. The molecule has 0 unspecified atom stereocenters. The summed E-state index contributed by atoms with van der Waals surface area (Å²) in [5.74, 6) is 0.727. The molecule has 1 amide bonds. The molecule has 6 nitrogen and oxygen atoms in total. The summed E-state index contributed by atoms with van der Waals surface area (Å²) in [6.07, 6.45) is 1.46. The summed E-state index contributed by atoms with van der Waals surface area (Å²) in [6, 6.07) is 14.8. The largest absolute Gasteiger partial charge is 0.355 e. The first kappa shape index (κ1) is 22.1. The minimum absolute atomic E-state index is 0.0473. The number of aromatic nitrogens is 2. The number of amides is 1. The van der Waals surface area contributed by atoms with Gasteiger partial charge in [-0.1, -0.05) is 23.7 Å². The van der Waals surface area contributed by atoms with Gasteiger partial charge in [0.15, 0.2) is 0 Å². The first-order valence-electron chi connectivity index (χ1n) is 10.8. The van der Waals surface area contributed by atoms with Gasteiger partial charge in [-0.3, -0.25) is 9.59 Å². The van der Waals surface area contributed by atoms with E-state index in [4.69, 9.17) is 11.6 Å². The quantitative estimate of drug-likeness (QED) is 0.627. The van der Waals surface area contributed by atoms with Crippen LogP contribution in [0.1, 0.15) is 29.5 Å². The number of aryl methyl sites for hydroxylation is 3. The molecule has 0 saturated carbocycles. The standard InChI is InChI=1S/C25H27ClN4O2/c1-16-12-17(2)14-20(13-16)27-25(32)19-8-10-29(11-9-19)23-6-7-24(31)30(28-23)21-5-4-18(3)22(26)15-21/h4-7,12-15,19H,8-11H2,1-3H3,(H,27,32).